The lowest BCUT2D eigenvalue weighted by Gasteiger charge is -2.10. The van der Waals surface area contributed by atoms with E-state index in [2.05, 4.69) is 4.98 Å². The van der Waals surface area contributed by atoms with Gasteiger partial charge in [-0.3, -0.25) is 14.2 Å². The molecule has 0 saturated carbocycles. The molecule has 0 saturated heterocycles. The molecule has 5 heteroatoms. The molecule has 1 unspecified atom stereocenters. The summed E-state index contributed by atoms with van der Waals surface area (Å²) < 4.78 is 1.42. The second-order valence-corrected chi connectivity index (χ2v) is 3.62. The number of carbonyl (C=O) groups is 1. The van der Waals surface area contributed by atoms with Crippen molar-refractivity contribution in [3.8, 4) is 0 Å². The summed E-state index contributed by atoms with van der Waals surface area (Å²) in [5, 5.41) is 8.63. The van der Waals surface area contributed by atoms with Crippen molar-refractivity contribution in [3.63, 3.8) is 0 Å². The predicted octanol–water partition coefficient (Wildman–Crippen LogP) is 0.667. The molecule has 0 fully saturated rings. The van der Waals surface area contributed by atoms with Crippen molar-refractivity contribution in [2.45, 2.75) is 26.2 Å². The third-order valence-corrected chi connectivity index (χ3v) is 2.44. The van der Waals surface area contributed by atoms with E-state index in [1.165, 1.54) is 10.8 Å². The Morgan fingerprint density at radius 2 is 2.27 bits per heavy atom. The molecular weight excluding hydrogens is 196 g/mol. The van der Waals surface area contributed by atoms with Gasteiger partial charge in [-0.25, -0.2) is 4.98 Å². The van der Waals surface area contributed by atoms with E-state index < -0.39 is 5.97 Å². The predicted molar refractivity (Wildman–Crippen MR) is 54.9 cm³/mol. The van der Waals surface area contributed by atoms with Crippen molar-refractivity contribution >= 4 is 5.97 Å². The van der Waals surface area contributed by atoms with Crippen LogP contribution in [0.4, 0.5) is 0 Å². The van der Waals surface area contributed by atoms with Gasteiger partial charge < -0.3 is 5.11 Å². The third-order valence-electron chi connectivity index (χ3n) is 2.44. The van der Waals surface area contributed by atoms with Gasteiger partial charge in [0.1, 0.15) is 5.82 Å². The third kappa shape index (κ3) is 2.43. The molecule has 0 spiro atoms. The van der Waals surface area contributed by atoms with Gasteiger partial charge in [-0.1, -0.05) is 6.92 Å². The van der Waals surface area contributed by atoms with Crippen LogP contribution >= 0.6 is 0 Å². The molecule has 1 rings (SSSR count). The van der Waals surface area contributed by atoms with Crippen molar-refractivity contribution < 1.29 is 9.90 Å². The van der Waals surface area contributed by atoms with E-state index >= 15 is 0 Å². The Morgan fingerprint density at radius 3 is 2.80 bits per heavy atom. The minimum Gasteiger partial charge on any atom is -0.481 e. The Kier molecular flexibility index (Phi) is 3.24. The van der Waals surface area contributed by atoms with Gasteiger partial charge in [0.2, 0.25) is 0 Å². The van der Waals surface area contributed by atoms with Crippen molar-refractivity contribution in [2.24, 2.45) is 7.05 Å². The largest absolute Gasteiger partial charge is 0.481 e. The number of carboxylic acids is 1. The molecule has 0 bridgehead atoms. The zero-order valence-corrected chi connectivity index (χ0v) is 9.02. The number of hydrogen-bond donors (Lipinski definition) is 1. The topological polar surface area (TPSA) is 72.2 Å². The van der Waals surface area contributed by atoms with E-state index in [9.17, 15) is 9.59 Å². The van der Waals surface area contributed by atoms with Gasteiger partial charge in [-0.2, -0.15) is 0 Å². The molecule has 82 valence electrons. The summed E-state index contributed by atoms with van der Waals surface area (Å²) in [6.45, 7) is 3.44. The normalized spacial score (nSPS) is 12.5. The molecule has 1 N–H and O–H groups in total. The van der Waals surface area contributed by atoms with E-state index in [4.69, 9.17) is 5.11 Å². The molecule has 0 aliphatic carbocycles. The number of rotatable bonds is 3. The summed E-state index contributed by atoms with van der Waals surface area (Å²) in [6, 6.07) is 0. The number of nitrogens with zero attached hydrogens (tertiary/aromatic N) is 2. The van der Waals surface area contributed by atoms with Gasteiger partial charge in [0.25, 0.3) is 5.56 Å². The lowest BCUT2D eigenvalue weighted by atomic mass is 10.0. The molecule has 15 heavy (non-hydrogen) atoms. The highest BCUT2D eigenvalue weighted by molar-refractivity contribution is 5.67. The number of carboxylic acid groups (broad SMARTS) is 1. The highest BCUT2D eigenvalue weighted by atomic mass is 16.4. The molecule has 0 aromatic carbocycles. The van der Waals surface area contributed by atoms with E-state index in [-0.39, 0.29) is 17.9 Å². The highest BCUT2D eigenvalue weighted by Crippen LogP contribution is 2.14. The molecule has 1 aromatic heterocycles. The van der Waals surface area contributed by atoms with Crippen LogP contribution in [0.25, 0.3) is 0 Å². The lowest BCUT2D eigenvalue weighted by molar-refractivity contribution is -0.137. The maximum absolute atomic E-state index is 11.7. The SMILES string of the molecule is Cc1ncc(C(C)CC(=O)O)c(=O)n1C. The zero-order chi connectivity index (χ0) is 11.6. The van der Waals surface area contributed by atoms with E-state index in [1.807, 2.05) is 0 Å². The van der Waals surface area contributed by atoms with Crippen LogP contribution in [0.1, 0.15) is 30.7 Å². The summed E-state index contributed by atoms with van der Waals surface area (Å²) in [4.78, 5) is 26.3. The Labute approximate surface area is 87.4 Å². The van der Waals surface area contributed by atoms with Crippen LogP contribution in [-0.4, -0.2) is 20.6 Å². The first-order valence-corrected chi connectivity index (χ1v) is 4.67. The summed E-state index contributed by atoms with van der Waals surface area (Å²) in [7, 11) is 1.63. The monoisotopic (exact) mass is 210 g/mol. The highest BCUT2D eigenvalue weighted by Gasteiger charge is 2.15. The fourth-order valence-electron chi connectivity index (χ4n) is 1.36. The Balaban J connectivity index is 3.11. The molecule has 1 heterocycles. The fourth-order valence-corrected chi connectivity index (χ4v) is 1.36. The Bertz CT molecular complexity index is 437. The van der Waals surface area contributed by atoms with Crippen molar-refractivity contribution in [2.75, 3.05) is 0 Å². The average molecular weight is 210 g/mol. The average Bonchev–Trinajstić information content (AvgIpc) is 2.13. The van der Waals surface area contributed by atoms with Crippen molar-refractivity contribution in [3.05, 3.63) is 27.9 Å². The molecule has 1 aromatic rings. The van der Waals surface area contributed by atoms with E-state index in [0.29, 0.717) is 11.4 Å². The summed E-state index contributed by atoms with van der Waals surface area (Å²) in [5.74, 6) is -0.606. The molecule has 0 aliphatic heterocycles. The minimum absolute atomic E-state index is 0.0556. The van der Waals surface area contributed by atoms with Crippen LogP contribution in [0.3, 0.4) is 0 Å². The smallest absolute Gasteiger partial charge is 0.303 e. The standard InChI is InChI=1S/C10H14N2O3/c1-6(4-9(13)14)8-5-11-7(2)12(3)10(8)15/h5-6H,4H2,1-3H3,(H,13,14). The molecule has 5 nitrogen and oxygen atoms in total. The molecule has 0 amide bonds. The second kappa shape index (κ2) is 4.25. The Hall–Kier alpha value is -1.65. The van der Waals surface area contributed by atoms with Crippen molar-refractivity contribution in [1.29, 1.82) is 0 Å². The first kappa shape index (κ1) is 11.4. The van der Waals surface area contributed by atoms with Crippen LogP contribution < -0.4 is 5.56 Å². The van der Waals surface area contributed by atoms with Gasteiger partial charge in [0.05, 0.1) is 6.42 Å². The van der Waals surface area contributed by atoms with Gasteiger partial charge in [0.15, 0.2) is 0 Å². The zero-order valence-electron chi connectivity index (χ0n) is 9.02. The summed E-state index contributed by atoms with van der Waals surface area (Å²) in [5.41, 5.74) is 0.279. The van der Waals surface area contributed by atoms with Gasteiger partial charge in [-0.05, 0) is 12.8 Å². The summed E-state index contributed by atoms with van der Waals surface area (Å²) >= 11 is 0. The number of aryl methyl sites for hydroxylation is 1. The first-order valence-electron chi connectivity index (χ1n) is 4.67. The molecule has 0 radical (unpaired) electrons. The van der Waals surface area contributed by atoms with Crippen LogP contribution in [-0.2, 0) is 11.8 Å². The Morgan fingerprint density at radius 1 is 1.67 bits per heavy atom. The maximum atomic E-state index is 11.7. The first-order chi connectivity index (χ1) is 6.93. The van der Waals surface area contributed by atoms with Crippen LogP contribution in [0.2, 0.25) is 0 Å². The van der Waals surface area contributed by atoms with Crippen LogP contribution in [0.15, 0.2) is 11.0 Å². The summed E-state index contributed by atoms with van der Waals surface area (Å²) in [6.07, 6.45) is 1.41. The number of hydrogen-bond acceptors (Lipinski definition) is 3. The minimum atomic E-state index is -0.912. The van der Waals surface area contributed by atoms with E-state index in [1.54, 1.807) is 20.9 Å². The number of aromatic nitrogens is 2. The molecular formula is C10H14N2O3. The molecule has 0 aliphatic rings. The lowest BCUT2D eigenvalue weighted by Crippen LogP contribution is -2.25. The molecule has 1 atom stereocenters. The quantitative estimate of drug-likeness (QED) is 0.795. The number of aliphatic carboxylic acids is 1. The van der Waals surface area contributed by atoms with E-state index in [0.717, 1.165) is 0 Å². The second-order valence-electron chi connectivity index (χ2n) is 3.62. The van der Waals surface area contributed by atoms with Gasteiger partial charge in [0, 0.05) is 18.8 Å². The van der Waals surface area contributed by atoms with Crippen LogP contribution in [0, 0.1) is 6.92 Å². The van der Waals surface area contributed by atoms with Gasteiger partial charge >= 0.3 is 5.97 Å². The van der Waals surface area contributed by atoms with Gasteiger partial charge in [-0.15, -0.1) is 0 Å². The fraction of sp³-hybridized carbons (Fsp3) is 0.500. The maximum Gasteiger partial charge on any atom is 0.303 e. The van der Waals surface area contributed by atoms with Crippen LogP contribution in [0.5, 0.6) is 0 Å². The van der Waals surface area contributed by atoms with Crippen molar-refractivity contribution in [1.82, 2.24) is 9.55 Å².